The SMILES string of the molecule is COc1ccc(C(O)C(O)CCN)cc1[N+](=O)[O-]. The van der Waals surface area contributed by atoms with Gasteiger partial charge in [-0.15, -0.1) is 0 Å². The Morgan fingerprint density at radius 1 is 1.50 bits per heavy atom. The van der Waals surface area contributed by atoms with Crippen LogP contribution in [0.3, 0.4) is 0 Å². The third kappa shape index (κ3) is 3.16. The van der Waals surface area contributed by atoms with Crippen LogP contribution in [-0.2, 0) is 0 Å². The largest absolute Gasteiger partial charge is 0.490 e. The van der Waals surface area contributed by atoms with E-state index in [1.54, 1.807) is 0 Å². The number of nitrogens with zero attached hydrogens (tertiary/aromatic N) is 1. The summed E-state index contributed by atoms with van der Waals surface area (Å²) in [4.78, 5) is 10.2. The first-order valence-electron chi connectivity index (χ1n) is 5.39. The van der Waals surface area contributed by atoms with Gasteiger partial charge in [0, 0.05) is 6.07 Å². The molecule has 100 valence electrons. The number of methoxy groups -OCH3 is 1. The maximum absolute atomic E-state index is 10.8. The number of rotatable bonds is 6. The molecule has 0 spiro atoms. The molecular formula is C11H16N2O5. The third-order valence-electron chi connectivity index (χ3n) is 2.57. The van der Waals surface area contributed by atoms with Gasteiger partial charge in [0.1, 0.15) is 6.10 Å². The molecular weight excluding hydrogens is 240 g/mol. The van der Waals surface area contributed by atoms with Gasteiger partial charge in [-0.1, -0.05) is 6.07 Å². The number of nitrogens with two attached hydrogens (primary N) is 1. The van der Waals surface area contributed by atoms with Crippen LogP contribution in [0.5, 0.6) is 5.75 Å². The van der Waals surface area contributed by atoms with Crippen LogP contribution in [0.4, 0.5) is 5.69 Å². The van der Waals surface area contributed by atoms with Crippen LogP contribution in [0.2, 0.25) is 0 Å². The molecule has 2 atom stereocenters. The first-order valence-corrected chi connectivity index (χ1v) is 5.39. The molecule has 0 aromatic heterocycles. The summed E-state index contributed by atoms with van der Waals surface area (Å²) in [5, 5.41) is 30.2. The van der Waals surface area contributed by atoms with Gasteiger partial charge < -0.3 is 20.7 Å². The van der Waals surface area contributed by atoms with Crippen molar-refractivity contribution < 1.29 is 19.9 Å². The fraction of sp³-hybridized carbons (Fsp3) is 0.455. The second-order valence-electron chi connectivity index (χ2n) is 3.78. The van der Waals surface area contributed by atoms with Gasteiger partial charge in [-0.2, -0.15) is 0 Å². The summed E-state index contributed by atoms with van der Waals surface area (Å²) in [6.07, 6.45) is -2.05. The minimum Gasteiger partial charge on any atom is -0.490 e. The van der Waals surface area contributed by atoms with Crippen LogP contribution in [0.25, 0.3) is 0 Å². The van der Waals surface area contributed by atoms with Crippen molar-refractivity contribution in [2.24, 2.45) is 5.73 Å². The zero-order valence-electron chi connectivity index (χ0n) is 9.94. The minimum atomic E-state index is -1.21. The zero-order valence-corrected chi connectivity index (χ0v) is 9.94. The maximum Gasteiger partial charge on any atom is 0.311 e. The normalized spacial score (nSPS) is 14.0. The first kappa shape index (κ1) is 14.4. The highest BCUT2D eigenvalue weighted by atomic mass is 16.6. The number of hydrogen-bond donors (Lipinski definition) is 3. The number of nitro benzene ring substituents is 1. The Morgan fingerprint density at radius 3 is 2.67 bits per heavy atom. The van der Waals surface area contributed by atoms with E-state index in [2.05, 4.69) is 0 Å². The molecule has 0 bridgehead atoms. The van der Waals surface area contributed by atoms with Crippen molar-refractivity contribution in [2.75, 3.05) is 13.7 Å². The predicted molar refractivity (Wildman–Crippen MR) is 64.3 cm³/mol. The molecule has 2 unspecified atom stereocenters. The van der Waals surface area contributed by atoms with Crippen LogP contribution in [0, 0.1) is 10.1 Å². The molecule has 0 amide bonds. The third-order valence-corrected chi connectivity index (χ3v) is 2.57. The molecule has 0 fully saturated rings. The van der Waals surface area contributed by atoms with Gasteiger partial charge in [-0.3, -0.25) is 10.1 Å². The van der Waals surface area contributed by atoms with E-state index in [0.717, 1.165) is 0 Å². The standard InChI is InChI=1S/C11H16N2O5/c1-18-10-3-2-7(6-8(10)13(16)17)11(15)9(14)4-5-12/h2-3,6,9,11,14-15H,4-5,12H2,1H3. The van der Waals surface area contributed by atoms with Crippen molar-refractivity contribution in [3.63, 3.8) is 0 Å². The summed E-state index contributed by atoms with van der Waals surface area (Å²) in [6, 6.07) is 4.03. The number of ether oxygens (including phenoxy) is 1. The van der Waals surface area contributed by atoms with Crippen molar-refractivity contribution >= 4 is 5.69 Å². The number of nitro groups is 1. The molecule has 0 heterocycles. The highest BCUT2D eigenvalue weighted by molar-refractivity contribution is 5.49. The maximum atomic E-state index is 10.8. The molecule has 1 aromatic carbocycles. The summed E-state index contributed by atoms with van der Waals surface area (Å²) >= 11 is 0. The van der Waals surface area contributed by atoms with E-state index in [4.69, 9.17) is 10.5 Å². The fourth-order valence-corrected chi connectivity index (χ4v) is 1.58. The van der Waals surface area contributed by atoms with E-state index >= 15 is 0 Å². The highest BCUT2D eigenvalue weighted by Gasteiger charge is 2.22. The van der Waals surface area contributed by atoms with E-state index in [1.165, 1.54) is 25.3 Å². The Balaban J connectivity index is 3.04. The van der Waals surface area contributed by atoms with Gasteiger partial charge in [0.2, 0.25) is 0 Å². The van der Waals surface area contributed by atoms with Gasteiger partial charge in [0.15, 0.2) is 5.75 Å². The molecule has 0 aliphatic carbocycles. The van der Waals surface area contributed by atoms with Crippen LogP contribution in [0.15, 0.2) is 18.2 Å². The lowest BCUT2D eigenvalue weighted by Gasteiger charge is -2.17. The Hall–Kier alpha value is -1.70. The van der Waals surface area contributed by atoms with Crippen LogP contribution in [-0.4, -0.2) is 34.9 Å². The molecule has 18 heavy (non-hydrogen) atoms. The van der Waals surface area contributed by atoms with Gasteiger partial charge in [0.05, 0.1) is 18.1 Å². The average molecular weight is 256 g/mol. The van der Waals surface area contributed by atoms with Crippen molar-refractivity contribution in [3.8, 4) is 5.75 Å². The second kappa shape index (κ2) is 6.29. The lowest BCUT2D eigenvalue weighted by Crippen LogP contribution is -2.21. The molecule has 7 heteroatoms. The Morgan fingerprint density at radius 2 is 2.17 bits per heavy atom. The van der Waals surface area contributed by atoms with E-state index in [0.29, 0.717) is 0 Å². The van der Waals surface area contributed by atoms with E-state index < -0.39 is 17.1 Å². The lowest BCUT2D eigenvalue weighted by atomic mass is 10.0. The van der Waals surface area contributed by atoms with Gasteiger partial charge in [0.25, 0.3) is 0 Å². The van der Waals surface area contributed by atoms with Crippen molar-refractivity contribution in [1.82, 2.24) is 0 Å². The average Bonchev–Trinajstić information content (AvgIpc) is 2.37. The van der Waals surface area contributed by atoms with E-state index in [-0.39, 0.29) is 30.0 Å². The number of aliphatic hydroxyl groups excluding tert-OH is 2. The second-order valence-corrected chi connectivity index (χ2v) is 3.78. The van der Waals surface area contributed by atoms with Crippen molar-refractivity contribution in [2.45, 2.75) is 18.6 Å². The quantitative estimate of drug-likeness (QED) is 0.499. The molecule has 1 rings (SSSR count). The molecule has 0 saturated carbocycles. The summed E-state index contributed by atoms with van der Waals surface area (Å²) in [7, 11) is 1.32. The summed E-state index contributed by atoms with van der Waals surface area (Å²) < 4.78 is 4.84. The smallest absolute Gasteiger partial charge is 0.311 e. The Labute approximate surface area is 104 Å². The molecule has 7 nitrogen and oxygen atoms in total. The topological polar surface area (TPSA) is 119 Å². The van der Waals surface area contributed by atoms with Crippen LogP contribution in [0.1, 0.15) is 18.1 Å². The fourth-order valence-electron chi connectivity index (χ4n) is 1.58. The van der Waals surface area contributed by atoms with Gasteiger partial charge in [-0.05, 0) is 24.6 Å². The van der Waals surface area contributed by atoms with E-state index in [1.807, 2.05) is 0 Å². The molecule has 0 radical (unpaired) electrons. The van der Waals surface area contributed by atoms with Crippen LogP contribution >= 0.6 is 0 Å². The summed E-state index contributed by atoms with van der Waals surface area (Å²) in [6.45, 7) is 0.219. The zero-order chi connectivity index (χ0) is 13.7. The molecule has 0 saturated heterocycles. The monoisotopic (exact) mass is 256 g/mol. The van der Waals surface area contributed by atoms with Gasteiger partial charge >= 0.3 is 5.69 Å². The number of hydrogen-bond acceptors (Lipinski definition) is 6. The minimum absolute atomic E-state index is 0.101. The molecule has 0 aliphatic heterocycles. The van der Waals surface area contributed by atoms with Crippen molar-refractivity contribution in [1.29, 1.82) is 0 Å². The summed E-state index contributed by atoms with van der Waals surface area (Å²) in [5.41, 5.74) is 5.27. The highest BCUT2D eigenvalue weighted by Crippen LogP contribution is 2.31. The van der Waals surface area contributed by atoms with Gasteiger partial charge in [-0.25, -0.2) is 0 Å². The number of benzene rings is 1. The summed E-state index contributed by atoms with van der Waals surface area (Å²) in [5.74, 6) is 0.101. The van der Waals surface area contributed by atoms with Crippen LogP contribution < -0.4 is 10.5 Å². The first-order chi connectivity index (χ1) is 8.51. The molecule has 0 aliphatic rings. The lowest BCUT2D eigenvalue weighted by molar-refractivity contribution is -0.385. The molecule has 1 aromatic rings. The van der Waals surface area contributed by atoms with E-state index in [9.17, 15) is 20.3 Å². The predicted octanol–water partition coefficient (Wildman–Crippen LogP) is 0.346. The Kier molecular flexibility index (Phi) is 5.02. The Bertz CT molecular complexity index is 424. The van der Waals surface area contributed by atoms with Crippen molar-refractivity contribution in [3.05, 3.63) is 33.9 Å². The molecule has 4 N–H and O–H groups in total. The number of aliphatic hydroxyl groups is 2.